The van der Waals surface area contributed by atoms with Gasteiger partial charge in [-0.2, -0.15) is 0 Å². The predicted octanol–water partition coefficient (Wildman–Crippen LogP) is 1.56. The van der Waals surface area contributed by atoms with Crippen LogP contribution < -0.4 is 11.1 Å². The predicted molar refractivity (Wildman–Crippen MR) is 73.7 cm³/mol. The molecule has 0 aliphatic heterocycles. The number of nitrogens with two attached hydrogens (primary N) is 1. The molecule has 1 fully saturated rings. The largest absolute Gasteiger partial charge is 0.349 e. The van der Waals surface area contributed by atoms with Crippen molar-refractivity contribution in [3.8, 4) is 0 Å². The Hall–Kier alpha value is -1.95. The number of fused-ring (bicyclic) bond motifs is 1. The van der Waals surface area contributed by atoms with E-state index in [1.807, 2.05) is 0 Å². The van der Waals surface area contributed by atoms with Crippen molar-refractivity contribution in [2.75, 3.05) is 6.54 Å². The van der Waals surface area contributed by atoms with Crippen LogP contribution in [0, 0.1) is 11.7 Å². The van der Waals surface area contributed by atoms with Crippen molar-refractivity contribution >= 4 is 16.9 Å². The molecule has 5 nitrogen and oxygen atoms in total. The number of carbonyl (C=O) groups excluding carboxylic acids is 1. The van der Waals surface area contributed by atoms with E-state index in [4.69, 9.17) is 5.73 Å². The molecule has 1 aromatic heterocycles. The molecule has 2 aromatic rings. The molecule has 106 valence electrons. The first-order valence-electron chi connectivity index (χ1n) is 6.82. The number of rotatable bonds is 3. The third-order valence-electron chi connectivity index (χ3n) is 4.01. The van der Waals surface area contributed by atoms with Gasteiger partial charge in [0.05, 0.1) is 17.4 Å². The van der Waals surface area contributed by atoms with Gasteiger partial charge in [0.1, 0.15) is 11.3 Å². The zero-order valence-electron chi connectivity index (χ0n) is 11.0. The summed E-state index contributed by atoms with van der Waals surface area (Å²) in [4.78, 5) is 19.3. The molecule has 0 spiro atoms. The summed E-state index contributed by atoms with van der Waals surface area (Å²) in [5.41, 5.74) is 6.99. The highest BCUT2D eigenvalue weighted by molar-refractivity contribution is 6.04. The monoisotopic (exact) mass is 276 g/mol. The van der Waals surface area contributed by atoms with E-state index in [1.165, 1.54) is 18.5 Å². The van der Waals surface area contributed by atoms with Gasteiger partial charge in [-0.15, -0.1) is 0 Å². The molecule has 1 heterocycles. The standard InChI is InChI=1S/C14H17FN4O/c15-9-4-10(13-12(5-9)17-7-18-13)14(20)19-11-3-1-2-8(11)6-16/h4-5,7-8,11H,1-3,6,16H2,(H,17,18)(H,19,20). The third-order valence-corrected chi connectivity index (χ3v) is 4.01. The average Bonchev–Trinajstić information content (AvgIpc) is 3.05. The first-order chi connectivity index (χ1) is 9.69. The molecule has 2 unspecified atom stereocenters. The number of imidazole rings is 1. The van der Waals surface area contributed by atoms with Gasteiger partial charge in [-0.1, -0.05) is 6.42 Å². The van der Waals surface area contributed by atoms with Gasteiger partial charge >= 0.3 is 0 Å². The number of H-pyrrole nitrogens is 1. The zero-order chi connectivity index (χ0) is 14.1. The summed E-state index contributed by atoms with van der Waals surface area (Å²) in [6, 6.07) is 2.63. The van der Waals surface area contributed by atoms with Crippen molar-refractivity contribution in [3.63, 3.8) is 0 Å². The van der Waals surface area contributed by atoms with E-state index in [-0.39, 0.29) is 17.5 Å². The number of aromatic nitrogens is 2. The van der Waals surface area contributed by atoms with E-state index in [9.17, 15) is 9.18 Å². The second-order valence-corrected chi connectivity index (χ2v) is 5.26. The van der Waals surface area contributed by atoms with Crippen molar-refractivity contribution in [3.05, 3.63) is 29.8 Å². The van der Waals surface area contributed by atoms with Gasteiger partial charge in [0, 0.05) is 6.04 Å². The molecule has 0 saturated heterocycles. The first kappa shape index (κ1) is 13.1. The molecule has 2 atom stereocenters. The smallest absolute Gasteiger partial charge is 0.253 e. The van der Waals surface area contributed by atoms with Crippen LogP contribution in [-0.2, 0) is 0 Å². The molecule has 1 amide bonds. The summed E-state index contributed by atoms with van der Waals surface area (Å²) in [6.45, 7) is 0.561. The van der Waals surface area contributed by atoms with E-state index in [0.29, 0.717) is 23.5 Å². The van der Waals surface area contributed by atoms with E-state index < -0.39 is 5.82 Å². The first-order valence-corrected chi connectivity index (χ1v) is 6.82. The number of aromatic amines is 1. The molecular weight excluding hydrogens is 259 g/mol. The van der Waals surface area contributed by atoms with Crippen LogP contribution in [0.4, 0.5) is 4.39 Å². The van der Waals surface area contributed by atoms with Crippen LogP contribution in [0.15, 0.2) is 18.5 Å². The van der Waals surface area contributed by atoms with Gasteiger partial charge in [-0.3, -0.25) is 4.79 Å². The normalized spacial score (nSPS) is 22.3. The Morgan fingerprint density at radius 1 is 1.50 bits per heavy atom. The SMILES string of the molecule is NCC1CCCC1NC(=O)c1cc(F)cc2[nH]cnc12. The maximum Gasteiger partial charge on any atom is 0.253 e. The number of hydrogen-bond acceptors (Lipinski definition) is 3. The van der Waals surface area contributed by atoms with Crippen molar-refractivity contribution in [1.29, 1.82) is 0 Å². The molecule has 1 saturated carbocycles. The van der Waals surface area contributed by atoms with Gasteiger partial charge in [-0.05, 0) is 37.4 Å². The van der Waals surface area contributed by atoms with Gasteiger partial charge in [0.15, 0.2) is 0 Å². The molecule has 1 aliphatic carbocycles. The Bertz CT molecular complexity index is 639. The summed E-state index contributed by atoms with van der Waals surface area (Å²) in [6.07, 6.45) is 4.47. The Morgan fingerprint density at radius 3 is 3.15 bits per heavy atom. The number of halogens is 1. The summed E-state index contributed by atoms with van der Waals surface area (Å²) >= 11 is 0. The van der Waals surface area contributed by atoms with E-state index in [2.05, 4.69) is 15.3 Å². The van der Waals surface area contributed by atoms with E-state index >= 15 is 0 Å². The van der Waals surface area contributed by atoms with Crippen LogP contribution >= 0.6 is 0 Å². The molecule has 6 heteroatoms. The second-order valence-electron chi connectivity index (χ2n) is 5.26. The van der Waals surface area contributed by atoms with Crippen molar-refractivity contribution in [2.24, 2.45) is 11.7 Å². The highest BCUT2D eigenvalue weighted by atomic mass is 19.1. The maximum atomic E-state index is 13.5. The van der Waals surface area contributed by atoms with Crippen molar-refractivity contribution in [1.82, 2.24) is 15.3 Å². The number of hydrogen-bond donors (Lipinski definition) is 3. The third kappa shape index (κ3) is 2.27. The summed E-state index contributed by atoms with van der Waals surface area (Å²) < 4.78 is 13.5. The lowest BCUT2D eigenvalue weighted by Gasteiger charge is -2.19. The van der Waals surface area contributed by atoms with Gasteiger partial charge in [0.2, 0.25) is 0 Å². The fourth-order valence-electron chi connectivity index (χ4n) is 2.94. The minimum absolute atomic E-state index is 0.0739. The second kappa shape index (κ2) is 5.20. The number of nitrogens with one attached hydrogen (secondary N) is 2. The lowest BCUT2D eigenvalue weighted by atomic mass is 10.0. The topological polar surface area (TPSA) is 83.8 Å². The van der Waals surface area contributed by atoms with Crippen LogP contribution in [0.3, 0.4) is 0 Å². The van der Waals surface area contributed by atoms with E-state index in [0.717, 1.165) is 19.3 Å². The summed E-state index contributed by atoms with van der Waals surface area (Å²) in [5, 5.41) is 2.97. The van der Waals surface area contributed by atoms with Gasteiger partial charge in [-0.25, -0.2) is 9.37 Å². The highest BCUT2D eigenvalue weighted by Crippen LogP contribution is 2.25. The number of benzene rings is 1. The van der Waals surface area contributed by atoms with Crippen LogP contribution in [0.2, 0.25) is 0 Å². The van der Waals surface area contributed by atoms with Crippen LogP contribution in [0.5, 0.6) is 0 Å². The Kier molecular flexibility index (Phi) is 3.40. The number of amides is 1. The molecular formula is C14H17FN4O. The van der Waals surface area contributed by atoms with Crippen LogP contribution in [-0.4, -0.2) is 28.5 Å². The van der Waals surface area contributed by atoms with Gasteiger partial charge in [0.25, 0.3) is 5.91 Å². The molecule has 0 radical (unpaired) electrons. The molecule has 0 bridgehead atoms. The maximum absolute atomic E-state index is 13.5. The zero-order valence-corrected chi connectivity index (χ0v) is 11.0. The number of nitrogens with zero attached hydrogens (tertiary/aromatic N) is 1. The fraction of sp³-hybridized carbons (Fsp3) is 0.429. The molecule has 4 N–H and O–H groups in total. The van der Waals surface area contributed by atoms with Crippen molar-refractivity contribution in [2.45, 2.75) is 25.3 Å². The minimum atomic E-state index is -0.450. The Balaban J connectivity index is 1.87. The fourth-order valence-corrected chi connectivity index (χ4v) is 2.94. The van der Waals surface area contributed by atoms with Crippen LogP contribution in [0.1, 0.15) is 29.6 Å². The quantitative estimate of drug-likeness (QED) is 0.795. The summed E-state index contributed by atoms with van der Waals surface area (Å²) in [5.74, 6) is -0.428. The lowest BCUT2D eigenvalue weighted by molar-refractivity contribution is 0.0930. The Morgan fingerprint density at radius 2 is 2.35 bits per heavy atom. The van der Waals surface area contributed by atoms with Gasteiger partial charge < -0.3 is 16.0 Å². The molecule has 3 rings (SSSR count). The Labute approximate surface area is 115 Å². The molecule has 1 aliphatic rings. The summed E-state index contributed by atoms with van der Waals surface area (Å²) in [7, 11) is 0. The molecule has 1 aromatic carbocycles. The lowest BCUT2D eigenvalue weighted by Crippen LogP contribution is -2.40. The number of carbonyl (C=O) groups is 1. The van der Waals surface area contributed by atoms with Crippen molar-refractivity contribution < 1.29 is 9.18 Å². The van der Waals surface area contributed by atoms with Crippen LogP contribution in [0.25, 0.3) is 11.0 Å². The van der Waals surface area contributed by atoms with E-state index in [1.54, 1.807) is 0 Å². The molecule has 20 heavy (non-hydrogen) atoms. The highest BCUT2D eigenvalue weighted by Gasteiger charge is 2.28. The average molecular weight is 276 g/mol. The minimum Gasteiger partial charge on any atom is -0.349 e.